The summed E-state index contributed by atoms with van der Waals surface area (Å²) in [6, 6.07) is 4.05. The number of morpholine rings is 1. The average Bonchev–Trinajstić information content (AvgIpc) is 3.29. The molecule has 1 fully saturated rings. The molecule has 1 aromatic carbocycles. The lowest BCUT2D eigenvalue weighted by atomic mass is 10.1. The Morgan fingerprint density at radius 2 is 2.07 bits per heavy atom. The first-order valence-electron chi connectivity index (χ1n) is 9.71. The van der Waals surface area contributed by atoms with E-state index in [9.17, 15) is 4.79 Å². The number of aryl methyl sites for hydroxylation is 1. The number of amides is 1. The second-order valence-corrected chi connectivity index (χ2v) is 7.43. The van der Waals surface area contributed by atoms with E-state index in [0.717, 1.165) is 42.2 Å². The van der Waals surface area contributed by atoms with E-state index < -0.39 is 0 Å². The van der Waals surface area contributed by atoms with E-state index >= 15 is 0 Å². The number of hydrogen-bond acceptors (Lipinski definition) is 7. The van der Waals surface area contributed by atoms with Crippen molar-refractivity contribution in [3.05, 3.63) is 35.7 Å². The Labute approximate surface area is 167 Å². The van der Waals surface area contributed by atoms with Crippen LogP contribution in [0.4, 0.5) is 11.4 Å². The lowest BCUT2D eigenvalue weighted by Gasteiger charge is -2.31. The van der Waals surface area contributed by atoms with Gasteiger partial charge in [0, 0.05) is 44.4 Å². The number of aromatic nitrogens is 4. The zero-order valence-corrected chi connectivity index (χ0v) is 16.4. The Balaban J connectivity index is 1.52. The summed E-state index contributed by atoms with van der Waals surface area (Å²) in [5, 5.41) is 11.2. The summed E-state index contributed by atoms with van der Waals surface area (Å²) >= 11 is 0. The molecule has 2 aliphatic heterocycles. The minimum absolute atomic E-state index is 0.131. The van der Waals surface area contributed by atoms with Crippen molar-refractivity contribution in [1.29, 1.82) is 0 Å². The molecular weight excluding hydrogens is 372 g/mol. The molecule has 0 saturated carbocycles. The van der Waals surface area contributed by atoms with Gasteiger partial charge in [0.15, 0.2) is 0 Å². The number of anilines is 2. The first-order valence-corrected chi connectivity index (χ1v) is 9.71. The fourth-order valence-electron chi connectivity index (χ4n) is 3.92. The van der Waals surface area contributed by atoms with Crippen LogP contribution in [0, 0.1) is 0 Å². The number of hydrogen-bond donors (Lipinski definition) is 1. The lowest BCUT2D eigenvalue weighted by molar-refractivity contribution is 0.102. The molecule has 0 bridgehead atoms. The molecule has 4 heterocycles. The van der Waals surface area contributed by atoms with Crippen molar-refractivity contribution in [1.82, 2.24) is 20.0 Å². The van der Waals surface area contributed by atoms with Crippen LogP contribution in [0.2, 0.25) is 0 Å². The SMILES string of the molecule is CC1Cc2cc(NC(=O)c3cncc4c3nnn4C)c(N3CCOCC3)cc2O1. The van der Waals surface area contributed by atoms with Gasteiger partial charge in [-0.25, -0.2) is 4.68 Å². The van der Waals surface area contributed by atoms with Gasteiger partial charge in [0.1, 0.15) is 22.9 Å². The monoisotopic (exact) mass is 394 g/mol. The molecule has 1 N–H and O–H groups in total. The van der Waals surface area contributed by atoms with Crippen LogP contribution in [0.3, 0.4) is 0 Å². The third-order valence-electron chi connectivity index (χ3n) is 5.38. The van der Waals surface area contributed by atoms with E-state index in [2.05, 4.69) is 25.5 Å². The van der Waals surface area contributed by atoms with Crippen LogP contribution in [-0.2, 0) is 18.2 Å². The van der Waals surface area contributed by atoms with Crippen LogP contribution >= 0.6 is 0 Å². The number of ether oxygens (including phenoxy) is 2. The minimum atomic E-state index is -0.259. The molecule has 29 heavy (non-hydrogen) atoms. The van der Waals surface area contributed by atoms with Crippen molar-refractivity contribution in [3.8, 4) is 5.75 Å². The molecule has 0 spiro atoms. The van der Waals surface area contributed by atoms with Gasteiger partial charge in [-0.1, -0.05) is 5.21 Å². The number of nitrogens with one attached hydrogen (secondary N) is 1. The maximum Gasteiger partial charge on any atom is 0.259 e. The van der Waals surface area contributed by atoms with Gasteiger partial charge in [-0.05, 0) is 13.0 Å². The van der Waals surface area contributed by atoms with Crippen LogP contribution in [0.25, 0.3) is 11.0 Å². The molecule has 1 amide bonds. The highest BCUT2D eigenvalue weighted by molar-refractivity contribution is 6.12. The maximum absolute atomic E-state index is 13.1. The van der Waals surface area contributed by atoms with E-state index in [1.54, 1.807) is 17.9 Å². The Morgan fingerprint density at radius 3 is 2.90 bits per heavy atom. The fraction of sp³-hybridized carbons (Fsp3) is 0.400. The first kappa shape index (κ1) is 17.9. The Kier molecular flexibility index (Phi) is 4.31. The summed E-state index contributed by atoms with van der Waals surface area (Å²) in [6.45, 7) is 4.89. The van der Waals surface area contributed by atoms with Crippen LogP contribution in [-0.4, -0.2) is 58.3 Å². The van der Waals surface area contributed by atoms with Gasteiger partial charge in [0.2, 0.25) is 0 Å². The van der Waals surface area contributed by atoms with Crippen LogP contribution < -0.4 is 15.0 Å². The highest BCUT2D eigenvalue weighted by Crippen LogP contribution is 2.39. The molecule has 0 aliphatic carbocycles. The second-order valence-electron chi connectivity index (χ2n) is 7.43. The topological polar surface area (TPSA) is 94.4 Å². The molecule has 2 aromatic heterocycles. The van der Waals surface area contributed by atoms with Crippen LogP contribution in [0.5, 0.6) is 5.75 Å². The van der Waals surface area contributed by atoms with Gasteiger partial charge in [0.05, 0.1) is 36.3 Å². The smallest absolute Gasteiger partial charge is 0.259 e. The molecule has 3 aromatic rings. The summed E-state index contributed by atoms with van der Waals surface area (Å²) < 4.78 is 13.0. The van der Waals surface area contributed by atoms with E-state index in [0.29, 0.717) is 29.8 Å². The summed E-state index contributed by atoms with van der Waals surface area (Å²) in [6.07, 6.45) is 4.13. The zero-order valence-electron chi connectivity index (χ0n) is 16.4. The van der Waals surface area contributed by atoms with Crippen molar-refractivity contribution >= 4 is 28.3 Å². The quantitative estimate of drug-likeness (QED) is 0.723. The van der Waals surface area contributed by atoms with Crippen molar-refractivity contribution in [2.45, 2.75) is 19.4 Å². The van der Waals surface area contributed by atoms with E-state index in [-0.39, 0.29) is 12.0 Å². The number of rotatable bonds is 3. The maximum atomic E-state index is 13.1. The number of pyridine rings is 1. The number of nitrogens with zero attached hydrogens (tertiary/aromatic N) is 5. The van der Waals surface area contributed by atoms with Crippen molar-refractivity contribution in [2.24, 2.45) is 7.05 Å². The number of carbonyl (C=O) groups excluding carboxylic acids is 1. The normalized spacial score (nSPS) is 18.6. The minimum Gasteiger partial charge on any atom is -0.490 e. The third-order valence-corrected chi connectivity index (χ3v) is 5.38. The highest BCUT2D eigenvalue weighted by Gasteiger charge is 2.25. The highest BCUT2D eigenvalue weighted by atomic mass is 16.5. The summed E-state index contributed by atoms with van der Waals surface area (Å²) in [5.41, 5.74) is 4.44. The van der Waals surface area contributed by atoms with Gasteiger partial charge in [-0.15, -0.1) is 5.10 Å². The lowest BCUT2D eigenvalue weighted by Crippen LogP contribution is -2.36. The van der Waals surface area contributed by atoms with E-state index in [1.165, 1.54) is 6.20 Å². The molecule has 5 rings (SSSR count). The number of benzene rings is 1. The Morgan fingerprint density at radius 1 is 1.24 bits per heavy atom. The zero-order chi connectivity index (χ0) is 20.0. The number of carbonyl (C=O) groups is 1. The Hall–Kier alpha value is -3.20. The molecule has 9 nitrogen and oxygen atoms in total. The van der Waals surface area contributed by atoms with Gasteiger partial charge < -0.3 is 19.7 Å². The molecule has 150 valence electrons. The molecular formula is C20H22N6O3. The predicted octanol–water partition coefficient (Wildman–Crippen LogP) is 1.78. The van der Waals surface area contributed by atoms with Gasteiger partial charge >= 0.3 is 0 Å². The summed E-state index contributed by atoms with van der Waals surface area (Å²) in [4.78, 5) is 19.5. The molecule has 0 radical (unpaired) electrons. The summed E-state index contributed by atoms with van der Waals surface area (Å²) in [7, 11) is 1.77. The average molecular weight is 394 g/mol. The predicted molar refractivity (Wildman–Crippen MR) is 108 cm³/mol. The van der Waals surface area contributed by atoms with Gasteiger partial charge in [-0.2, -0.15) is 0 Å². The second kappa shape index (κ2) is 7.00. The molecule has 1 atom stereocenters. The third kappa shape index (κ3) is 3.17. The number of fused-ring (bicyclic) bond motifs is 2. The largest absolute Gasteiger partial charge is 0.490 e. The molecule has 1 saturated heterocycles. The molecule has 1 unspecified atom stereocenters. The summed E-state index contributed by atoms with van der Waals surface area (Å²) in [5.74, 6) is 0.625. The first-order chi connectivity index (χ1) is 14.1. The van der Waals surface area contributed by atoms with Crippen molar-refractivity contribution in [2.75, 3.05) is 36.5 Å². The van der Waals surface area contributed by atoms with E-state index in [4.69, 9.17) is 9.47 Å². The molecule has 9 heteroatoms. The van der Waals surface area contributed by atoms with E-state index in [1.807, 2.05) is 19.1 Å². The van der Waals surface area contributed by atoms with Crippen molar-refractivity contribution < 1.29 is 14.3 Å². The molecule has 2 aliphatic rings. The van der Waals surface area contributed by atoms with Crippen LogP contribution in [0.1, 0.15) is 22.8 Å². The fourth-order valence-corrected chi connectivity index (χ4v) is 3.92. The van der Waals surface area contributed by atoms with Gasteiger partial charge in [-0.3, -0.25) is 9.78 Å². The van der Waals surface area contributed by atoms with Crippen LogP contribution in [0.15, 0.2) is 24.5 Å². The Bertz CT molecular complexity index is 1090. The van der Waals surface area contributed by atoms with Crippen molar-refractivity contribution in [3.63, 3.8) is 0 Å². The van der Waals surface area contributed by atoms with Gasteiger partial charge in [0.25, 0.3) is 5.91 Å². The standard InChI is InChI=1S/C20H22N6O3/c1-12-7-13-8-15(16(9-18(13)29-12)26-3-5-28-6-4-26)22-20(27)14-10-21-11-17-19(14)23-24-25(17)2/h8-12H,3-7H2,1-2H3,(H,22,27).